The van der Waals surface area contributed by atoms with Gasteiger partial charge in [-0.25, -0.2) is 0 Å². The lowest BCUT2D eigenvalue weighted by atomic mass is 10.1. The highest BCUT2D eigenvalue weighted by Crippen LogP contribution is 2.34. The van der Waals surface area contributed by atoms with Crippen LogP contribution in [-0.4, -0.2) is 14.6 Å². The highest BCUT2D eigenvalue weighted by molar-refractivity contribution is 9.10. The van der Waals surface area contributed by atoms with Crippen LogP contribution < -0.4 is 5.73 Å². The van der Waals surface area contributed by atoms with E-state index in [0.717, 1.165) is 25.7 Å². The molecule has 1 atom stereocenters. The van der Waals surface area contributed by atoms with Crippen LogP contribution in [0.25, 0.3) is 5.65 Å². The normalized spacial score (nSPS) is 12.8. The second-order valence-corrected chi connectivity index (χ2v) is 6.36. The zero-order valence-corrected chi connectivity index (χ0v) is 13.2. The van der Waals surface area contributed by atoms with Gasteiger partial charge in [0.2, 0.25) is 0 Å². The minimum absolute atomic E-state index is 0.0271. The van der Waals surface area contributed by atoms with Gasteiger partial charge in [0.05, 0.1) is 0 Å². The van der Waals surface area contributed by atoms with Gasteiger partial charge in [-0.05, 0) is 64.4 Å². The number of nitrogens with two attached hydrogens (primary N) is 1. The molecule has 20 heavy (non-hydrogen) atoms. The molecule has 0 saturated heterocycles. The SMILES string of the molecule is C[C@@H](N)c1ccc(Sc2nnc3ccccn23)c(Br)c1. The molecule has 3 aromatic rings. The molecule has 0 aliphatic rings. The zero-order valence-electron chi connectivity index (χ0n) is 10.8. The molecule has 0 saturated carbocycles. The Labute approximate surface area is 129 Å². The van der Waals surface area contributed by atoms with E-state index in [1.165, 1.54) is 0 Å². The van der Waals surface area contributed by atoms with Crippen LogP contribution in [-0.2, 0) is 0 Å². The first-order valence-electron chi connectivity index (χ1n) is 6.18. The van der Waals surface area contributed by atoms with Gasteiger partial charge in [-0.1, -0.05) is 12.1 Å². The second kappa shape index (κ2) is 5.55. The number of pyridine rings is 1. The summed E-state index contributed by atoms with van der Waals surface area (Å²) < 4.78 is 2.99. The standard InChI is InChI=1S/C14H13BrN4S/c1-9(16)10-5-6-12(11(15)8-10)20-14-18-17-13-4-2-3-7-19(13)14/h2-9H,16H2,1H3/t9-/m1/s1. The van der Waals surface area contributed by atoms with Gasteiger partial charge in [0.1, 0.15) is 0 Å². The topological polar surface area (TPSA) is 56.2 Å². The first kappa shape index (κ1) is 13.6. The highest BCUT2D eigenvalue weighted by atomic mass is 79.9. The molecule has 4 nitrogen and oxygen atoms in total. The van der Waals surface area contributed by atoms with Crippen LogP contribution in [0.1, 0.15) is 18.5 Å². The van der Waals surface area contributed by atoms with Crippen molar-refractivity contribution in [2.75, 3.05) is 0 Å². The van der Waals surface area contributed by atoms with Crippen LogP contribution in [0, 0.1) is 0 Å². The number of nitrogens with zero attached hydrogens (tertiary/aromatic N) is 3. The van der Waals surface area contributed by atoms with E-state index in [4.69, 9.17) is 5.73 Å². The predicted octanol–water partition coefficient (Wildman–Crippen LogP) is 3.66. The van der Waals surface area contributed by atoms with Gasteiger partial charge >= 0.3 is 0 Å². The molecular weight excluding hydrogens is 336 g/mol. The zero-order chi connectivity index (χ0) is 14.1. The molecule has 102 valence electrons. The van der Waals surface area contributed by atoms with Crippen LogP contribution in [0.5, 0.6) is 0 Å². The molecule has 0 aliphatic heterocycles. The summed E-state index contributed by atoms with van der Waals surface area (Å²) in [5.74, 6) is 0. The minimum atomic E-state index is 0.0271. The molecule has 0 bridgehead atoms. The number of hydrogen-bond donors (Lipinski definition) is 1. The molecular formula is C14H13BrN4S. The third-order valence-electron chi connectivity index (χ3n) is 2.97. The van der Waals surface area contributed by atoms with Crippen molar-refractivity contribution in [1.29, 1.82) is 0 Å². The van der Waals surface area contributed by atoms with Crippen LogP contribution >= 0.6 is 27.7 Å². The van der Waals surface area contributed by atoms with Crippen LogP contribution in [0.2, 0.25) is 0 Å². The van der Waals surface area contributed by atoms with E-state index >= 15 is 0 Å². The lowest BCUT2D eigenvalue weighted by molar-refractivity contribution is 0.815. The molecule has 6 heteroatoms. The highest BCUT2D eigenvalue weighted by Gasteiger charge is 2.10. The van der Waals surface area contributed by atoms with Crippen molar-refractivity contribution in [1.82, 2.24) is 14.6 Å². The average Bonchev–Trinajstić information content (AvgIpc) is 2.84. The molecule has 2 heterocycles. The molecule has 0 amide bonds. The van der Waals surface area contributed by atoms with E-state index in [1.54, 1.807) is 11.8 Å². The summed E-state index contributed by atoms with van der Waals surface area (Å²) in [7, 11) is 0. The summed E-state index contributed by atoms with van der Waals surface area (Å²) in [5.41, 5.74) is 7.84. The molecule has 0 aliphatic carbocycles. The number of halogens is 1. The maximum absolute atomic E-state index is 5.89. The Kier molecular flexibility index (Phi) is 3.78. The summed E-state index contributed by atoms with van der Waals surface area (Å²) >= 11 is 5.16. The fourth-order valence-electron chi connectivity index (χ4n) is 1.87. The fraction of sp³-hybridized carbons (Fsp3) is 0.143. The van der Waals surface area contributed by atoms with Gasteiger partial charge < -0.3 is 5.73 Å². The van der Waals surface area contributed by atoms with E-state index < -0.39 is 0 Å². The summed E-state index contributed by atoms with van der Waals surface area (Å²) in [5, 5.41) is 9.21. The predicted molar refractivity (Wildman–Crippen MR) is 83.9 cm³/mol. The Morgan fingerprint density at radius 3 is 2.85 bits per heavy atom. The molecule has 2 N–H and O–H groups in total. The molecule has 0 fully saturated rings. The Bertz CT molecular complexity index is 754. The monoisotopic (exact) mass is 348 g/mol. The third-order valence-corrected chi connectivity index (χ3v) is 4.92. The number of aromatic nitrogens is 3. The van der Waals surface area contributed by atoms with E-state index in [-0.39, 0.29) is 6.04 Å². The maximum Gasteiger partial charge on any atom is 0.200 e. The third kappa shape index (κ3) is 2.59. The van der Waals surface area contributed by atoms with Crippen LogP contribution in [0.3, 0.4) is 0 Å². The Morgan fingerprint density at radius 2 is 2.10 bits per heavy atom. The van der Waals surface area contributed by atoms with Gasteiger partial charge in [0.15, 0.2) is 10.8 Å². The number of rotatable bonds is 3. The average molecular weight is 349 g/mol. The van der Waals surface area contributed by atoms with E-state index in [0.29, 0.717) is 0 Å². The number of hydrogen-bond acceptors (Lipinski definition) is 4. The van der Waals surface area contributed by atoms with Crippen molar-refractivity contribution in [2.24, 2.45) is 5.73 Å². The second-order valence-electron chi connectivity index (χ2n) is 4.49. The smallest absolute Gasteiger partial charge is 0.200 e. The minimum Gasteiger partial charge on any atom is -0.324 e. The Balaban J connectivity index is 1.95. The lowest BCUT2D eigenvalue weighted by Crippen LogP contribution is -2.04. The maximum atomic E-state index is 5.89. The first-order valence-corrected chi connectivity index (χ1v) is 7.79. The summed E-state index contributed by atoms with van der Waals surface area (Å²) in [6, 6.07) is 12.0. The Hall–Kier alpha value is -1.37. The van der Waals surface area contributed by atoms with Crippen LogP contribution in [0.15, 0.2) is 57.1 Å². The molecule has 2 aromatic heterocycles. The van der Waals surface area contributed by atoms with E-state index in [9.17, 15) is 0 Å². The van der Waals surface area contributed by atoms with Gasteiger partial charge in [0.25, 0.3) is 0 Å². The summed E-state index contributed by atoms with van der Waals surface area (Å²) in [6.07, 6.45) is 1.96. The van der Waals surface area contributed by atoms with E-state index in [1.807, 2.05) is 41.8 Å². The van der Waals surface area contributed by atoms with Crippen molar-refractivity contribution >= 4 is 33.3 Å². The van der Waals surface area contributed by atoms with E-state index in [2.05, 4.69) is 38.3 Å². The Morgan fingerprint density at radius 1 is 1.25 bits per heavy atom. The van der Waals surface area contributed by atoms with Crippen molar-refractivity contribution in [3.05, 3.63) is 52.6 Å². The largest absolute Gasteiger partial charge is 0.324 e. The summed E-state index contributed by atoms with van der Waals surface area (Å²) in [6.45, 7) is 1.97. The molecule has 3 rings (SSSR count). The van der Waals surface area contributed by atoms with Crippen molar-refractivity contribution in [3.8, 4) is 0 Å². The fourth-order valence-corrected chi connectivity index (χ4v) is 3.33. The lowest BCUT2D eigenvalue weighted by Gasteiger charge is -2.08. The van der Waals surface area contributed by atoms with Crippen molar-refractivity contribution in [3.63, 3.8) is 0 Å². The molecule has 1 aromatic carbocycles. The van der Waals surface area contributed by atoms with Gasteiger partial charge in [-0.3, -0.25) is 4.40 Å². The molecule has 0 spiro atoms. The van der Waals surface area contributed by atoms with Gasteiger partial charge in [-0.2, -0.15) is 0 Å². The number of benzene rings is 1. The molecule has 0 radical (unpaired) electrons. The quantitative estimate of drug-likeness (QED) is 0.784. The summed E-state index contributed by atoms with van der Waals surface area (Å²) in [4.78, 5) is 1.09. The van der Waals surface area contributed by atoms with Crippen molar-refractivity contribution in [2.45, 2.75) is 23.0 Å². The van der Waals surface area contributed by atoms with Crippen LogP contribution in [0.4, 0.5) is 0 Å². The number of fused-ring (bicyclic) bond motifs is 1. The first-order chi connectivity index (χ1) is 9.65. The molecule has 0 unspecified atom stereocenters. The van der Waals surface area contributed by atoms with Gasteiger partial charge in [-0.15, -0.1) is 10.2 Å². The van der Waals surface area contributed by atoms with Gasteiger partial charge in [0, 0.05) is 21.6 Å². The van der Waals surface area contributed by atoms with Crippen molar-refractivity contribution < 1.29 is 0 Å².